The van der Waals surface area contributed by atoms with Gasteiger partial charge in [0.15, 0.2) is 5.96 Å². The largest absolute Gasteiger partial charge is 0.381 e. The van der Waals surface area contributed by atoms with Gasteiger partial charge in [-0.2, -0.15) is 0 Å². The van der Waals surface area contributed by atoms with E-state index in [2.05, 4.69) is 36.4 Å². The molecule has 1 unspecified atom stereocenters. The molecule has 0 aromatic heterocycles. The first-order chi connectivity index (χ1) is 11.2. The molecule has 1 aliphatic heterocycles. The molecule has 0 amide bonds. The molecule has 0 bridgehead atoms. The topological polar surface area (TPSA) is 64.1 Å². The van der Waals surface area contributed by atoms with Gasteiger partial charge in [0, 0.05) is 46.1 Å². The van der Waals surface area contributed by atoms with Crippen LogP contribution in [0.1, 0.15) is 40.0 Å². The van der Waals surface area contributed by atoms with E-state index >= 15 is 0 Å². The minimum absolute atomic E-state index is 0. The molecule has 1 heterocycles. The molecule has 1 fully saturated rings. The number of ether oxygens (including phenoxy) is 3. The Bertz CT molecular complexity index is 311. The van der Waals surface area contributed by atoms with Crippen LogP contribution in [-0.2, 0) is 14.2 Å². The molecule has 0 aromatic carbocycles. The normalized spacial score (nSPS) is 17.8. The Balaban J connectivity index is 0.00000529. The first kappa shape index (κ1) is 23.9. The van der Waals surface area contributed by atoms with E-state index in [0.717, 1.165) is 77.9 Å². The summed E-state index contributed by atoms with van der Waals surface area (Å²) in [4.78, 5) is 4.56. The van der Waals surface area contributed by atoms with Crippen LogP contribution in [-0.4, -0.2) is 64.7 Å². The maximum Gasteiger partial charge on any atom is 0.191 e. The first-order valence-electron chi connectivity index (χ1n) is 9.01. The number of guanidine groups is 1. The van der Waals surface area contributed by atoms with Crippen LogP contribution in [0.5, 0.6) is 0 Å². The first-order valence-corrected chi connectivity index (χ1v) is 9.01. The van der Waals surface area contributed by atoms with Gasteiger partial charge in [-0.3, -0.25) is 4.99 Å². The van der Waals surface area contributed by atoms with Crippen molar-refractivity contribution in [2.45, 2.75) is 46.1 Å². The highest BCUT2D eigenvalue weighted by atomic mass is 127. The average Bonchev–Trinajstić information content (AvgIpc) is 3.03. The lowest BCUT2D eigenvalue weighted by Gasteiger charge is -2.13. The Kier molecular flexibility index (Phi) is 16.3. The Morgan fingerprint density at radius 2 is 2.08 bits per heavy atom. The molecule has 1 aliphatic rings. The maximum absolute atomic E-state index is 5.75. The van der Waals surface area contributed by atoms with Crippen LogP contribution in [0.25, 0.3) is 0 Å². The number of halogens is 1. The van der Waals surface area contributed by atoms with Crippen molar-refractivity contribution >= 4 is 29.9 Å². The van der Waals surface area contributed by atoms with E-state index in [1.54, 1.807) is 0 Å². The summed E-state index contributed by atoms with van der Waals surface area (Å²) >= 11 is 0. The van der Waals surface area contributed by atoms with Gasteiger partial charge in [-0.05, 0) is 32.1 Å². The number of nitrogens with one attached hydrogen (secondary N) is 2. The van der Waals surface area contributed by atoms with Crippen LogP contribution in [0.4, 0.5) is 0 Å². The highest BCUT2D eigenvalue weighted by molar-refractivity contribution is 14.0. The third-order valence-corrected chi connectivity index (χ3v) is 3.37. The number of aliphatic imine (C=N–C) groups is 1. The molecule has 0 aliphatic carbocycles. The molecule has 24 heavy (non-hydrogen) atoms. The van der Waals surface area contributed by atoms with Gasteiger partial charge in [-0.25, -0.2) is 0 Å². The quantitative estimate of drug-likeness (QED) is 0.204. The van der Waals surface area contributed by atoms with Gasteiger partial charge in [0.2, 0.25) is 0 Å². The predicted molar refractivity (Wildman–Crippen MR) is 109 cm³/mol. The predicted octanol–water partition coefficient (Wildman–Crippen LogP) is 2.42. The van der Waals surface area contributed by atoms with Gasteiger partial charge >= 0.3 is 0 Å². The molecule has 0 aromatic rings. The fourth-order valence-corrected chi connectivity index (χ4v) is 2.19. The number of hydrogen-bond acceptors (Lipinski definition) is 4. The van der Waals surface area contributed by atoms with Crippen molar-refractivity contribution in [3.8, 4) is 0 Å². The Morgan fingerprint density at radius 1 is 1.25 bits per heavy atom. The van der Waals surface area contributed by atoms with Crippen molar-refractivity contribution < 1.29 is 14.2 Å². The van der Waals surface area contributed by atoms with E-state index in [1.807, 2.05) is 0 Å². The number of hydrogen-bond donors (Lipinski definition) is 2. The van der Waals surface area contributed by atoms with E-state index in [0.29, 0.717) is 12.0 Å². The fourth-order valence-electron chi connectivity index (χ4n) is 2.19. The second-order valence-electron chi connectivity index (χ2n) is 6.22. The molecule has 6 nitrogen and oxygen atoms in total. The van der Waals surface area contributed by atoms with Crippen molar-refractivity contribution in [1.29, 1.82) is 0 Å². The van der Waals surface area contributed by atoms with E-state index < -0.39 is 0 Å². The summed E-state index contributed by atoms with van der Waals surface area (Å²) in [6.45, 7) is 12.9. The van der Waals surface area contributed by atoms with Crippen LogP contribution in [0.15, 0.2) is 4.99 Å². The summed E-state index contributed by atoms with van der Waals surface area (Å²) in [5.74, 6) is 1.47. The zero-order valence-corrected chi connectivity index (χ0v) is 17.8. The summed E-state index contributed by atoms with van der Waals surface area (Å²) < 4.78 is 16.6. The third-order valence-electron chi connectivity index (χ3n) is 3.37. The summed E-state index contributed by atoms with van der Waals surface area (Å²) in [6.07, 6.45) is 3.24. The van der Waals surface area contributed by atoms with Gasteiger partial charge in [0.05, 0.1) is 12.7 Å². The molecular weight excluding hydrogens is 421 g/mol. The minimum Gasteiger partial charge on any atom is -0.381 e. The number of nitrogens with zero attached hydrogens (tertiary/aromatic N) is 1. The second-order valence-corrected chi connectivity index (χ2v) is 6.22. The standard InChI is InChI=1S/C17H35N3O3.HI/c1-4-18-17(19-8-5-10-21-13-15(2)3)20-9-6-11-23-16-7-12-22-14-16;/h15-16H,4-14H2,1-3H3,(H2,18,19,20);1H. The lowest BCUT2D eigenvalue weighted by atomic mass is 10.2. The molecular formula is C17H36IN3O3. The van der Waals surface area contributed by atoms with Gasteiger partial charge in [-0.1, -0.05) is 13.8 Å². The molecule has 144 valence electrons. The van der Waals surface area contributed by atoms with Gasteiger partial charge in [-0.15, -0.1) is 24.0 Å². The molecule has 1 rings (SSSR count). The van der Waals surface area contributed by atoms with E-state index in [9.17, 15) is 0 Å². The molecule has 1 saturated heterocycles. The van der Waals surface area contributed by atoms with E-state index in [4.69, 9.17) is 14.2 Å². The molecule has 2 N–H and O–H groups in total. The Labute approximate surface area is 164 Å². The second kappa shape index (κ2) is 16.4. The third kappa shape index (κ3) is 13.2. The Morgan fingerprint density at radius 3 is 2.75 bits per heavy atom. The average molecular weight is 457 g/mol. The lowest BCUT2D eigenvalue weighted by Crippen LogP contribution is -2.38. The Hall–Kier alpha value is -0.120. The summed E-state index contributed by atoms with van der Waals surface area (Å²) in [6, 6.07) is 0. The zero-order chi connectivity index (χ0) is 16.8. The molecule has 7 heteroatoms. The lowest BCUT2D eigenvalue weighted by molar-refractivity contribution is 0.0420. The van der Waals surface area contributed by atoms with Crippen LogP contribution in [0, 0.1) is 5.92 Å². The van der Waals surface area contributed by atoms with Crippen LogP contribution in [0.3, 0.4) is 0 Å². The SMILES string of the molecule is CCNC(=NCCCOCC(C)C)NCCCOC1CCOC1.I. The monoisotopic (exact) mass is 457 g/mol. The van der Waals surface area contributed by atoms with Gasteiger partial charge < -0.3 is 24.8 Å². The fraction of sp³-hybridized carbons (Fsp3) is 0.941. The minimum atomic E-state index is 0. The van der Waals surface area contributed by atoms with Crippen molar-refractivity contribution in [2.24, 2.45) is 10.9 Å². The highest BCUT2D eigenvalue weighted by Crippen LogP contribution is 2.07. The van der Waals surface area contributed by atoms with Crippen molar-refractivity contribution in [3.05, 3.63) is 0 Å². The van der Waals surface area contributed by atoms with Crippen LogP contribution < -0.4 is 10.6 Å². The summed E-state index contributed by atoms with van der Waals surface area (Å²) in [5.41, 5.74) is 0. The summed E-state index contributed by atoms with van der Waals surface area (Å²) in [7, 11) is 0. The van der Waals surface area contributed by atoms with Crippen LogP contribution in [0.2, 0.25) is 0 Å². The maximum atomic E-state index is 5.75. The van der Waals surface area contributed by atoms with Gasteiger partial charge in [0.25, 0.3) is 0 Å². The highest BCUT2D eigenvalue weighted by Gasteiger charge is 2.15. The smallest absolute Gasteiger partial charge is 0.191 e. The number of rotatable bonds is 12. The summed E-state index contributed by atoms with van der Waals surface area (Å²) in [5, 5.41) is 6.60. The molecule has 0 saturated carbocycles. The molecule has 0 spiro atoms. The van der Waals surface area contributed by atoms with E-state index in [1.165, 1.54) is 0 Å². The van der Waals surface area contributed by atoms with Crippen LogP contribution >= 0.6 is 24.0 Å². The van der Waals surface area contributed by atoms with Crippen molar-refractivity contribution in [3.63, 3.8) is 0 Å². The van der Waals surface area contributed by atoms with E-state index in [-0.39, 0.29) is 24.0 Å². The van der Waals surface area contributed by atoms with Gasteiger partial charge in [0.1, 0.15) is 0 Å². The van der Waals surface area contributed by atoms with Crippen molar-refractivity contribution in [1.82, 2.24) is 10.6 Å². The molecule has 0 radical (unpaired) electrons. The van der Waals surface area contributed by atoms with Crippen molar-refractivity contribution in [2.75, 3.05) is 52.7 Å². The molecule has 1 atom stereocenters. The zero-order valence-electron chi connectivity index (χ0n) is 15.5.